The van der Waals surface area contributed by atoms with Gasteiger partial charge in [0.1, 0.15) is 6.42 Å². The number of fused-ring (bicyclic) bond motifs is 1. The van der Waals surface area contributed by atoms with Crippen molar-refractivity contribution >= 4 is 50.4 Å². The number of ether oxygens (including phenoxy) is 1. The molecule has 3 rings (SSSR count). The van der Waals surface area contributed by atoms with Crippen molar-refractivity contribution in [1.82, 2.24) is 0 Å². The monoisotopic (exact) mass is 475 g/mol. The zero-order valence-corrected chi connectivity index (χ0v) is 18.9. The molecule has 1 N–H and O–H groups in total. The molecule has 1 aliphatic heterocycles. The van der Waals surface area contributed by atoms with Crippen LogP contribution in [0.15, 0.2) is 53.0 Å². The number of nitrogens with one attached hydrogen (secondary N) is 1. The summed E-state index contributed by atoms with van der Waals surface area (Å²) in [5, 5.41) is 2.52. The van der Waals surface area contributed by atoms with Gasteiger partial charge in [0.05, 0.1) is 0 Å². The van der Waals surface area contributed by atoms with Gasteiger partial charge >= 0.3 is 5.97 Å². The van der Waals surface area contributed by atoms with Crippen molar-refractivity contribution in [2.24, 2.45) is 0 Å². The first-order chi connectivity index (χ1) is 13.6. The average Bonchev–Trinajstić information content (AvgIpc) is 2.87. The number of hydrogen-bond acceptors (Lipinski definition) is 5. The highest BCUT2D eigenvalue weighted by atomic mass is 79.9. The van der Waals surface area contributed by atoms with E-state index >= 15 is 0 Å². The van der Waals surface area contributed by atoms with Gasteiger partial charge in [0.25, 0.3) is 5.91 Å². The van der Waals surface area contributed by atoms with Crippen LogP contribution < -0.4 is 5.32 Å². The Kier molecular flexibility index (Phi) is 6.19. The minimum atomic E-state index is -1.51. The van der Waals surface area contributed by atoms with E-state index in [1.54, 1.807) is 24.3 Å². The largest absolute Gasteiger partial charge is 0.443 e. The number of esters is 1. The van der Waals surface area contributed by atoms with E-state index in [1.165, 1.54) is 0 Å². The van der Waals surface area contributed by atoms with Crippen molar-refractivity contribution in [2.75, 3.05) is 5.32 Å². The van der Waals surface area contributed by atoms with E-state index in [9.17, 15) is 14.4 Å². The Morgan fingerprint density at radius 1 is 1.10 bits per heavy atom. The molecular formula is C22H22BrNO4S. The van der Waals surface area contributed by atoms with Gasteiger partial charge in [-0.2, -0.15) is 0 Å². The lowest BCUT2D eigenvalue weighted by Crippen LogP contribution is -2.41. The summed E-state index contributed by atoms with van der Waals surface area (Å²) in [6.07, 6.45) is -0.213. The highest BCUT2D eigenvalue weighted by Gasteiger charge is 2.50. The van der Waals surface area contributed by atoms with Crippen LogP contribution in [0.25, 0.3) is 0 Å². The number of para-hydroxylation sites is 1. The van der Waals surface area contributed by atoms with Gasteiger partial charge in [0.15, 0.2) is 0 Å². The van der Waals surface area contributed by atoms with E-state index in [-0.39, 0.29) is 22.7 Å². The molecule has 29 heavy (non-hydrogen) atoms. The van der Waals surface area contributed by atoms with E-state index < -0.39 is 17.5 Å². The SMILES string of the molecule is CC(C)(C)SC(=O)CC(=O)O[C@]1(Cc2ccc(Br)cc2)C(=O)Nc2ccccc21. The van der Waals surface area contributed by atoms with E-state index in [1.807, 2.05) is 45.0 Å². The number of carbonyl (C=O) groups excluding carboxylic acids is 3. The highest BCUT2D eigenvalue weighted by Crippen LogP contribution is 2.42. The number of hydrogen-bond donors (Lipinski definition) is 1. The summed E-state index contributed by atoms with van der Waals surface area (Å²) in [5.74, 6) is -1.12. The Balaban J connectivity index is 1.90. The summed E-state index contributed by atoms with van der Waals surface area (Å²) in [7, 11) is 0. The molecule has 0 saturated carbocycles. The topological polar surface area (TPSA) is 72.5 Å². The fourth-order valence-corrected chi connectivity index (χ4v) is 4.36. The Bertz CT molecular complexity index is 952. The lowest BCUT2D eigenvalue weighted by molar-refractivity contribution is -0.167. The lowest BCUT2D eigenvalue weighted by Gasteiger charge is -2.28. The van der Waals surface area contributed by atoms with Crippen LogP contribution in [0.1, 0.15) is 38.3 Å². The molecule has 1 atom stereocenters. The van der Waals surface area contributed by atoms with Gasteiger partial charge in [0.2, 0.25) is 10.7 Å². The minimum absolute atomic E-state index is 0.176. The summed E-state index contributed by atoms with van der Waals surface area (Å²) in [5.41, 5.74) is 0.534. The van der Waals surface area contributed by atoms with Crippen LogP contribution >= 0.6 is 27.7 Å². The first-order valence-corrected chi connectivity index (χ1v) is 10.8. The molecule has 1 heterocycles. The standard InChI is InChI=1S/C22H22BrNO4S/c1-21(2,3)29-19(26)12-18(25)28-22(13-14-8-10-15(23)11-9-14)16-6-4-5-7-17(16)24-20(22)27/h4-11H,12-13H2,1-3H3,(H,24,27)/t22-/m0/s1. The maximum atomic E-state index is 13.0. The summed E-state index contributed by atoms with van der Waals surface area (Å²) in [6.45, 7) is 5.70. The molecule has 0 radical (unpaired) electrons. The second-order valence-electron chi connectivity index (χ2n) is 7.87. The van der Waals surface area contributed by atoms with Crippen LogP contribution in [-0.4, -0.2) is 21.7 Å². The molecule has 0 spiro atoms. The molecule has 0 aromatic heterocycles. The summed E-state index contributed by atoms with van der Waals surface area (Å²) < 4.78 is 6.37. The van der Waals surface area contributed by atoms with Gasteiger partial charge < -0.3 is 10.1 Å². The number of thioether (sulfide) groups is 1. The van der Waals surface area contributed by atoms with Crippen molar-refractivity contribution in [2.45, 2.75) is 44.0 Å². The number of halogens is 1. The smallest absolute Gasteiger partial charge is 0.315 e. The third kappa shape index (κ3) is 5.08. The van der Waals surface area contributed by atoms with Gasteiger partial charge in [-0.05, 0) is 23.8 Å². The number of benzene rings is 2. The average molecular weight is 476 g/mol. The quantitative estimate of drug-likeness (QED) is 0.495. The number of carbonyl (C=O) groups is 3. The molecular weight excluding hydrogens is 454 g/mol. The van der Waals surface area contributed by atoms with Crippen molar-refractivity contribution in [3.05, 3.63) is 64.1 Å². The van der Waals surface area contributed by atoms with Crippen molar-refractivity contribution in [1.29, 1.82) is 0 Å². The highest BCUT2D eigenvalue weighted by molar-refractivity contribution is 9.10. The van der Waals surface area contributed by atoms with Gasteiger partial charge in [-0.1, -0.05) is 78.8 Å². The van der Waals surface area contributed by atoms with E-state index in [4.69, 9.17) is 4.74 Å². The Labute approximate surface area is 182 Å². The van der Waals surface area contributed by atoms with Crippen LogP contribution in [0.4, 0.5) is 5.69 Å². The molecule has 1 aliphatic rings. The lowest BCUT2D eigenvalue weighted by atomic mass is 9.88. The zero-order chi connectivity index (χ0) is 21.2. The molecule has 0 fully saturated rings. The molecule has 2 aromatic rings. The molecule has 0 bridgehead atoms. The van der Waals surface area contributed by atoms with E-state index in [2.05, 4.69) is 21.2 Å². The minimum Gasteiger partial charge on any atom is -0.443 e. The molecule has 7 heteroatoms. The molecule has 0 saturated heterocycles. The maximum Gasteiger partial charge on any atom is 0.315 e. The van der Waals surface area contributed by atoms with Gasteiger partial charge in [0, 0.05) is 26.9 Å². The molecule has 0 aliphatic carbocycles. The molecule has 0 unspecified atom stereocenters. The first kappa shape index (κ1) is 21.6. The van der Waals surface area contributed by atoms with Crippen LogP contribution in [0.3, 0.4) is 0 Å². The number of rotatable bonds is 5. The predicted molar refractivity (Wildman–Crippen MR) is 118 cm³/mol. The van der Waals surface area contributed by atoms with Crippen molar-refractivity contribution in [3.63, 3.8) is 0 Å². The second kappa shape index (κ2) is 8.32. The normalized spacial score (nSPS) is 18.1. The molecule has 152 valence electrons. The van der Waals surface area contributed by atoms with Crippen LogP contribution in [0.2, 0.25) is 0 Å². The third-order valence-electron chi connectivity index (χ3n) is 4.34. The number of anilines is 1. The van der Waals surface area contributed by atoms with Crippen LogP contribution in [0.5, 0.6) is 0 Å². The predicted octanol–water partition coefficient (Wildman–Crippen LogP) is 4.83. The van der Waals surface area contributed by atoms with Crippen LogP contribution in [0, 0.1) is 0 Å². The van der Waals surface area contributed by atoms with Gasteiger partial charge in [-0.15, -0.1) is 0 Å². The summed E-state index contributed by atoms with van der Waals surface area (Å²) in [6, 6.07) is 14.6. The Morgan fingerprint density at radius 2 is 1.76 bits per heavy atom. The van der Waals surface area contributed by atoms with Gasteiger partial charge in [-0.25, -0.2) is 0 Å². The molecule has 5 nitrogen and oxygen atoms in total. The van der Waals surface area contributed by atoms with Crippen molar-refractivity contribution < 1.29 is 19.1 Å². The summed E-state index contributed by atoms with van der Waals surface area (Å²) >= 11 is 4.48. The second-order valence-corrected chi connectivity index (χ2v) is 10.7. The van der Waals surface area contributed by atoms with Crippen molar-refractivity contribution in [3.8, 4) is 0 Å². The molecule has 2 aromatic carbocycles. The van der Waals surface area contributed by atoms with E-state index in [0.29, 0.717) is 11.3 Å². The molecule has 1 amide bonds. The fraction of sp³-hybridized carbons (Fsp3) is 0.318. The Hall–Kier alpha value is -2.12. The zero-order valence-electron chi connectivity index (χ0n) is 16.5. The van der Waals surface area contributed by atoms with E-state index in [0.717, 1.165) is 21.8 Å². The maximum absolute atomic E-state index is 13.0. The Morgan fingerprint density at radius 3 is 2.41 bits per heavy atom. The van der Waals surface area contributed by atoms with Crippen LogP contribution in [-0.2, 0) is 31.1 Å². The number of amides is 1. The van der Waals surface area contributed by atoms with Gasteiger partial charge in [-0.3, -0.25) is 14.4 Å². The first-order valence-electron chi connectivity index (χ1n) is 9.18. The summed E-state index contributed by atoms with van der Waals surface area (Å²) in [4.78, 5) is 37.9. The third-order valence-corrected chi connectivity index (χ3v) is 5.85. The fourth-order valence-electron chi connectivity index (χ4n) is 3.22.